The first kappa shape index (κ1) is 11.5. The SMILES string of the molecule is CNc1cccc2c1CN(CCC(C)C)C2. The van der Waals surface area contributed by atoms with Gasteiger partial charge in [0, 0.05) is 25.8 Å². The molecule has 2 heteroatoms. The molecule has 0 bridgehead atoms. The molecule has 0 atom stereocenters. The molecule has 1 N–H and O–H groups in total. The van der Waals surface area contributed by atoms with E-state index >= 15 is 0 Å². The second-order valence-electron chi connectivity index (χ2n) is 5.09. The van der Waals surface area contributed by atoms with E-state index in [0.717, 1.165) is 19.0 Å². The summed E-state index contributed by atoms with van der Waals surface area (Å²) in [6, 6.07) is 6.58. The number of hydrogen-bond donors (Lipinski definition) is 1. The number of rotatable bonds is 4. The van der Waals surface area contributed by atoms with Gasteiger partial charge in [0.2, 0.25) is 0 Å². The summed E-state index contributed by atoms with van der Waals surface area (Å²) in [5.41, 5.74) is 4.29. The van der Waals surface area contributed by atoms with Crippen molar-refractivity contribution in [1.82, 2.24) is 4.90 Å². The van der Waals surface area contributed by atoms with Gasteiger partial charge in [-0.2, -0.15) is 0 Å². The van der Waals surface area contributed by atoms with Crippen molar-refractivity contribution >= 4 is 5.69 Å². The van der Waals surface area contributed by atoms with Crippen LogP contribution in [0.5, 0.6) is 0 Å². The number of anilines is 1. The standard InChI is InChI=1S/C14H22N2/c1-11(2)7-8-16-9-12-5-4-6-14(15-3)13(12)10-16/h4-6,11,15H,7-10H2,1-3H3. The van der Waals surface area contributed by atoms with Crippen molar-refractivity contribution in [3.8, 4) is 0 Å². The maximum atomic E-state index is 3.29. The first-order valence-corrected chi connectivity index (χ1v) is 6.21. The number of benzene rings is 1. The Morgan fingerprint density at radius 3 is 2.81 bits per heavy atom. The second kappa shape index (κ2) is 4.88. The largest absolute Gasteiger partial charge is 0.388 e. The Bertz CT molecular complexity index is 358. The van der Waals surface area contributed by atoms with Crippen molar-refractivity contribution in [3.63, 3.8) is 0 Å². The average molecular weight is 218 g/mol. The predicted molar refractivity (Wildman–Crippen MR) is 69.6 cm³/mol. The lowest BCUT2D eigenvalue weighted by Crippen LogP contribution is -2.19. The molecule has 88 valence electrons. The van der Waals surface area contributed by atoms with Gasteiger partial charge in [0.15, 0.2) is 0 Å². The van der Waals surface area contributed by atoms with Crippen molar-refractivity contribution in [3.05, 3.63) is 29.3 Å². The highest BCUT2D eigenvalue weighted by Gasteiger charge is 2.20. The Hall–Kier alpha value is -1.02. The summed E-state index contributed by atoms with van der Waals surface area (Å²) < 4.78 is 0. The zero-order valence-electron chi connectivity index (χ0n) is 10.6. The zero-order chi connectivity index (χ0) is 11.5. The Labute approximate surface area is 98.7 Å². The Morgan fingerprint density at radius 2 is 2.12 bits per heavy atom. The van der Waals surface area contributed by atoms with Crippen LogP contribution in [0.3, 0.4) is 0 Å². The first-order valence-electron chi connectivity index (χ1n) is 6.21. The smallest absolute Gasteiger partial charge is 0.0386 e. The van der Waals surface area contributed by atoms with E-state index in [-0.39, 0.29) is 0 Å². The van der Waals surface area contributed by atoms with Crippen molar-refractivity contribution in [1.29, 1.82) is 0 Å². The maximum absolute atomic E-state index is 3.29. The van der Waals surface area contributed by atoms with Crippen LogP contribution >= 0.6 is 0 Å². The van der Waals surface area contributed by atoms with Gasteiger partial charge in [0.1, 0.15) is 0 Å². The van der Waals surface area contributed by atoms with Crippen molar-refractivity contribution < 1.29 is 0 Å². The fraction of sp³-hybridized carbons (Fsp3) is 0.571. The van der Waals surface area contributed by atoms with E-state index in [1.807, 2.05) is 7.05 Å². The molecule has 2 nitrogen and oxygen atoms in total. The molecule has 0 aromatic heterocycles. The maximum Gasteiger partial charge on any atom is 0.0386 e. The van der Waals surface area contributed by atoms with Crippen LogP contribution in [-0.2, 0) is 13.1 Å². The van der Waals surface area contributed by atoms with Gasteiger partial charge in [-0.05, 0) is 36.1 Å². The van der Waals surface area contributed by atoms with E-state index in [2.05, 4.69) is 42.3 Å². The summed E-state index contributed by atoms with van der Waals surface area (Å²) in [4.78, 5) is 2.55. The minimum Gasteiger partial charge on any atom is -0.388 e. The van der Waals surface area contributed by atoms with Crippen molar-refractivity contribution in [2.24, 2.45) is 5.92 Å². The molecule has 1 aliphatic rings. The van der Waals surface area contributed by atoms with E-state index in [1.54, 1.807) is 0 Å². The van der Waals surface area contributed by atoms with Gasteiger partial charge in [0.05, 0.1) is 0 Å². The fourth-order valence-corrected chi connectivity index (χ4v) is 2.32. The van der Waals surface area contributed by atoms with Crippen LogP contribution in [0.1, 0.15) is 31.4 Å². The van der Waals surface area contributed by atoms with Crippen LogP contribution in [0.2, 0.25) is 0 Å². The minimum absolute atomic E-state index is 0.799. The average Bonchev–Trinajstić information content (AvgIpc) is 2.68. The second-order valence-corrected chi connectivity index (χ2v) is 5.09. The lowest BCUT2D eigenvalue weighted by molar-refractivity contribution is 0.266. The molecule has 0 spiro atoms. The van der Waals surface area contributed by atoms with Crippen molar-refractivity contribution in [2.45, 2.75) is 33.4 Å². The molecule has 0 radical (unpaired) electrons. The van der Waals surface area contributed by atoms with Crippen LogP contribution in [0, 0.1) is 5.92 Å². The molecule has 0 saturated heterocycles. The normalized spacial score (nSPS) is 15.5. The molecule has 1 aromatic rings. The van der Waals surface area contributed by atoms with Gasteiger partial charge in [-0.1, -0.05) is 26.0 Å². The molecule has 0 unspecified atom stereocenters. The van der Waals surface area contributed by atoms with Crippen LogP contribution < -0.4 is 5.32 Å². The Morgan fingerprint density at radius 1 is 1.31 bits per heavy atom. The van der Waals surface area contributed by atoms with E-state index in [1.165, 1.54) is 29.8 Å². The van der Waals surface area contributed by atoms with Gasteiger partial charge in [-0.25, -0.2) is 0 Å². The van der Waals surface area contributed by atoms with Gasteiger partial charge < -0.3 is 5.32 Å². The molecular formula is C14H22N2. The highest BCUT2D eigenvalue weighted by molar-refractivity contribution is 5.55. The summed E-state index contributed by atoms with van der Waals surface area (Å²) in [6.45, 7) is 8.04. The third-order valence-electron chi connectivity index (χ3n) is 3.34. The van der Waals surface area contributed by atoms with Crippen LogP contribution in [0.25, 0.3) is 0 Å². The molecule has 0 amide bonds. The van der Waals surface area contributed by atoms with E-state index in [9.17, 15) is 0 Å². The summed E-state index contributed by atoms with van der Waals surface area (Å²) in [6.07, 6.45) is 1.29. The quantitative estimate of drug-likeness (QED) is 0.835. The molecule has 1 heterocycles. The highest BCUT2D eigenvalue weighted by atomic mass is 15.1. The highest BCUT2D eigenvalue weighted by Crippen LogP contribution is 2.29. The Balaban J connectivity index is 2.03. The van der Waals surface area contributed by atoms with Gasteiger partial charge in [0.25, 0.3) is 0 Å². The predicted octanol–water partition coefficient (Wildman–Crippen LogP) is 3.09. The van der Waals surface area contributed by atoms with Crippen LogP contribution in [0.4, 0.5) is 5.69 Å². The van der Waals surface area contributed by atoms with Gasteiger partial charge in [-0.15, -0.1) is 0 Å². The molecular weight excluding hydrogens is 196 g/mol. The summed E-state index contributed by atoms with van der Waals surface area (Å²) >= 11 is 0. The lowest BCUT2D eigenvalue weighted by atomic mass is 10.1. The first-order chi connectivity index (χ1) is 7.70. The molecule has 1 aliphatic heterocycles. The number of nitrogens with one attached hydrogen (secondary N) is 1. The van der Waals surface area contributed by atoms with Crippen LogP contribution in [0.15, 0.2) is 18.2 Å². The van der Waals surface area contributed by atoms with E-state index < -0.39 is 0 Å². The number of nitrogens with zero attached hydrogens (tertiary/aromatic N) is 1. The molecule has 0 aliphatic carbocycles. The Kier molecular flexibility index (Phi) is 3.49. The van der Waals surface area contributed by atoms with E-state index in [4.69, 9.17) is 0 Å². The summed E-state index contributed by atoms with van der Waals surface area (Å²) in [5, 5.41) is 3.29. The third-order valence-corrected chi connectivity index (χ3v) is 3.34. The summed E-state index contributed by atoms with van der Waals surface area (Å²) in [5.74, 6) is 0.799. The summed E-state index contributed by atoms with van der Waals surface area (Å²) in [7, 11) is 2.01. The minimum atomic E-state index is 0.799. The lowest BCUT2D eigenvalue weighted by Gasteiger charge is -2.16. The molecule has 0 saturated carbocycles. The topological polar surface area (TPSA) is 15.3 Å². The van der Waals surface area contributed by atoms with Crippen LogP contribution in [-0.4, -0.2) is 18.5 Å². The zero-order valence-corrected chi connectivity index (χ0v) is 10.6. The molecule has 1 aromatic carbocycles. The van der Waals surface area contributed by atoms with Gasteiger partial charge >= 0.3 is 0 Å². The van der Waals surface area contributed by atoms with Gasteiger partial charge in [-0.3, -0.25) is 4.90 Å². The fourth-order valence-electron chi connectivity index (χ4n) is 2.32. The third kappa shape index (κ3) is 2.38. The molecule has 16 heavy (non-hydrogen) atoms. The molecule has 0 fully saturated rings. The number of fused-ring (bicyclic) bond motifs is 1. The monoisotopic (exact) mass is 218 g/mol. The number of hydrogen-bond acceptors (Lipinski definition) is 2. The van der Waals surface area contributed by atoms with E-state index in [0.29, 0.717) is 0 Å². The van der Waals surface area contributed by atoms with Crippen molar-refractivity contribution in [2.75, 3.05) is 18.9 Å². The molecule has 2 rings (SSSR count).